The second kappa shape index (κ2) is 7.00. The Labute approximate surface area is 144 Å². The summed E-state index contributed by atoms with van der Waals surface area (Å²) >= 11 is 5.17. The molecule has 0 bridgehead atoms. The van der Waals surface area contributed by atoms with Gasteiger partial charge in [0.15, 0.2) is 0 Å². The van der Waals surface area contributed by atoms with E-state index in [1.807, 2.05) is 30.3 Å². The van der Waals surface area contributed by atoms with Crippen molar-refractivity contribution in [2.24, 2.45) is 16.7 Å². The molecule has 0 amide bonds. The van der Waals surface area contributed by atoms with Crippen LogP contribution in [-0.4, -0.2) is 17.6 Å². The maximum Gasteiger partial charge on any atom is 0.261 e. The van der Waals surface area contributed by atoms with E-state index in [2.05, 4.69) is 33.0 Å². The molecule has 0 aliphatic heterocycles. The highest BCUT2D eigenvalue weighted by Crippen LogP contribution is 2.56. The number of nitrogens with one attached hydrogen (secondary N) is 1. The SMILES string of the molecule is C[C@@H]1CC[C@](C)(C(=O)CCOC(=S)Nc2ccccc2)C1(C)C. The van der Waals surface area contributed by atoms with Gasteiger partial charge in [0.25, 0.3) is 5.17 Å². The van der Waals surface area contributed by atoms with E-state index in [9.17, 15) is 4.79 Å². The fourth-order valence-corrected chi connectivity index (χ4v) is 3.62. The predicted molar refractivity (Wildman–Crippen MR) is 98.5 cm³/mol. The lowest BCUT2D eigenvalue weighted by molar-refractivity contribution is -0.134. The Morgan fingerprint density at radius 3 is 2.52 bits per heavy atom. The molecule has 0 aromatic heterocycles. The van der Waals surface area contributed by atoms with Crippen LogP contribution in [0.15, 0.2) is 30.3 Å². The molecule has 1 N–H and O–H groups in total. The second-order valence-corrected chi connectivity index (χ2v) is 7.66. The van der Waals surface area contributed by atoms with Gasteiger partial charge in [0, 0.05) is 17.5 Å². The van der Waals surface area contributed by atoms with Crippen molar-refractivity contribution in [2.75, 3.05) is 11.9 Å². The molecule has 0 heterocycles. The number of Topliss-reactive ketones (excluding diaryl/α,β-unsaturated/α-hetero) is 1. The average Bonchev–Trinajstić information content (AvgIpc) is 2.72. The van der Waals surface area contributed by atoms with Crippen LogP contribution >= 0.6 is 12.2 Å². The van der Waals surface area contributed by atoms with E-state index >= 15 is 0 Å². The fourth-order valence-electron chi connectivity index (χ4n) is 3.42. The van der Waals surface area contributed by atoms with Crippen LogP contribution < -0.4 is 5.32 Å². The third-order valence-electron chi connectivity index (χ3n) is 5.93. The number of carbonyl (C=O) groups is 1. The summed E-state index contributed by atoms with van der Waals surface area (Å²) in [7, 11) is 0. The zero-order valence-corrected chi connectivity index (χ0v) is 15.3. The second-order valence-electron chi connectivity index (χ2n) is 7.29. The topological polar surface area (TPSA) is 38.3 Å². The van der Waals surface area contributed by atoms with E-state index in [1.54, 1.807) is 0 Å². The zero-order chi connectivity index (χ0) is 17.1. The van der Waals surface area contributed by atoms with Gasteiger partial charge in [-0.25, -0.2) is 0 Å². The van der Waals surface area contributed by atoms with E-state index in [4.69, 9.17) is 17.0 Å². The normalized spacial score (nSPS) is 25.8. The van der Waals surface area contributed by atoms with Gasteiger partial charge in [0.2, 0.25) is 0 Å². The van der Waals surface area contributed by atoms with Crippen molar-refractivity contribution in [1.82, 2.24) is 0 Å². The maximum atomic E-state index is 12.7. The Kier molecular flexibility index (Phi) is 5.45. The van der Waals surface area contributed by atoms with Crippen LogP contribution in [0, 0.1) is 16.7 Å². The first-order valence-corrected chi connectivity index (χ1v) is 8.70. The van der Waals surface area contributed by atoms with Crippen molar-refractivity contribution in [3.63, 3.8) is 0 Å². The summed E-state index contributed by atoms with van der Waals surface area (Å²) in [5.41, 5.74) is 0.665. The molecule has 1 saturated carbocycles. The summed E-state index contributed by atoms with van der Waals surface area (Å²) in [5.74, 6) is 0.854. The molecule has 0 radical (unpaired) electrons. The first-order valence-electron chi connectivity index (χ1n) is 8.29. The van der Waals surface area contributed by atoms with Gasteiger partial charge in [0.1, 0.15) is 5.78 Å². The molecule has 2 rings (SSSR count). The number of rotatable bonds is 5. The van der Waals surface area contributed by atoms with E-state index in [1.165, 1.54) is 0 Å². The summed E-state index contributed by atoms with van der Waals surface area (Å²) < 4.78 is 5.52. The molecule has 4 heteroatoms. The smallest absolute Gasteiger partial charge is 0.261 e. The molecule has 0 saturated heterocycles. The van der Waals surface area contributed by atoms with E-state index in [0.717, 1.165) is 18.5 Å². The first-order chi connectivity index (χ1) is 10.8. The molecule has 0 spiro atoms. The lowest BCUT2D eigenvalue weighted by Gasteiger charge is -2.39. The minimum atomic E-state index is -0.260. The molecule has 1 aromatic carbocycles. The summed E-state index contributed by atoms with van der Waals surface area (Å²) in [5, 5.41) is 3.33. The molecular formula is C19H27NO2S. The highest BCUT2D eigenvalue weighted by Gasteiger charge is 2.53. The molecule has 2 atom stereocenters. The quantitative estimate of drug-likeness (QED) is 0.784. The average molecular weight is 333 g/mol. The molecule has 1 aliphatic rings. The van der Waals surface area contributed by atoms with Gasteiger partial charge >= 0.3 is 0 Å². The fraction of sp³-hybridized carbons (Fsp3) is 0.579. The zero-order valence-electron chi connectivity index (χ0n) is 14.5. The summed E-state index contributed by atoms with van der Waals surface area (Å²) in [6.45, 7) is 9.11. The van der Waals surface area contributed by atoms with Crippen molar-refractivity contribution < 1.29 is 9.53 Å². The Hall–Kier alpha value is -1.42. The largest absolute Gasteiger partial charge is 0.470 e. The van der Waals surface area contributed by atoms with Crippen molar-refractivity contribution in [3.8, 4) is 0 Å². The molecule has 0 unspecified atom stereocenters. The standard InChI is InChI=1S/C19H27NO2S/c1-14-10-12-19(4,18(14,2)3)16(21)11-13-22-17(23)20-15-8-6-5-7-9-15/h5-9,14H,10-13H2,1-4H3,(H,20,23)/t14-,19-/m1/s1. The Morgan fingerprint density at radius 1 is 1.30 bits per heavy atom. The molecule has 1 aromatic rings. The minimum Gasteiger partial charge on any atom is -0.470 e. The maximum absolute atomic E-state index is 12.7. The lowest BCUT2D eigenvalue weighted by atomic mass is 9.63. The van der Waals surface area contributed by atoms with Crippen LogP contribution in [0.4, 0.5) is 5.69 Å². The molecule has 23 heavy (non-hydrogen) atoms. The van der Waals surface area contributed by atoms with Gasteiger partial charge in [-0.05, 0) is 48.5 Å². The molecule has 3 nitrogen and oxygen atoms in total. The lowest BCUT2D eigenvalue weighted by Crippen LogP contribution is -2.40. The van der Waals surface area contributed by atoms with Crippen LogP contribution in [0.2, 0.25) is 0 Å². The highest BCUT2D eigenvalue weighted by atomic mass is 32.1. The van der Waals surface area contributed by atoms with Gasteiger partial charge in [-0.15, -0.1) is 0 Å². The Morgan fingerprint density at radius 2 is 1.96 bits per heavy atom. The van der Waals surface area contributed by atoms with Crippen LogP contribution in [0.5, 0.6) is 0 Å². The third-order valence-corrected chi connectivity index (χ3v) is 6.15. The summed E-state index contributed by atoms with van der Waals surface area (Å²) in [4.78, 5) is 12.7. The molecule has 126 valence electrons. The molecule has 1 aliphatic carbocycles. The number of carbonyl (C=O) groups excluding carboxylic acids is 1. The Bertz CT molecular complexity index is 570. The summed E-state index contributed by atoms with van der Waals surface area (Å²) in [6, 6.07) is 9.64. The number of ketones is 1. The van der Waals surface area contributed by atoms with Crippen LogP contribution in [0.1, 0.15) is 47.0 Å². The third kappa shape index (κ3) is 3.74. The number of benzene rings is 1. The van der Waals surface area contributed by atoms with Gasteiger partial charge in [-0.3, -0.25) is 4.79 Å². The van der Waals surface area contributed by atoms with Crippen molar-refractivity contribution in [2.45, 2.75) is 47.0 Å². The first kappa shape index (κ1) is 17.9. The summed E-state index contributed by atoms with van der Waals surface area (Å²) in [6.07, 6.45) is 2.49. The van der Waals surface area contributed by atoms with E-state index < -0.39 is 0 Å². The van der Waals surface area contributed by atoms with Crippen molar-refractivity contribution >= 4 is 28.9 Å². The monoisotopic (exact) mass is 333 g/mol. The number of hydrogen-bond acceptors (Lipinski definition) is 3. The van der Waals surface area contributed by atoms with Crippen molar-refractivity contribution in [1.29, 1.82) is 0 Å². The number of hydrogen-bond donors (Lipinski definition) is 1. The predicted octanol–water partition coefficient (Wildman–Crippen LogP) is 4.82. The Balaban J connectivity index is 1.82. The van der Waals surface area contributed by atoms with Crippen LogP contribution in [0.25, 0.3) is 0 Å². The highest BCUT2D eigenvalue weighted by molar-refractivity contribution is 7.80. The van der Waals surface area contributed by atoms with Crippen molar-refractivity contribution in [3.05, 3.63) is 30.3 Å². The molecule has 1 fully saturated rings. The van der Waals surface area contributed by atoms with Gasteiger partial charge < -0.3 is 10.1 Å². The van der Waals surface area contributed by atoms with Gasteiger partial charge in [-0.2, -0.15) is 0 Å². The number of anilines is 1. The number of ether oxygens (including phenoxy) is 1. The van der Waals surface area contributed by atoms with Gasteiger partial charge in [-0.1, -0.05) is 45.9 Å². The molecular weight excluding hydrogens is 306 g/mol. The van der Waals surface area contributed by atoms with E-state index in [0.29, 0.717) is 24.1 Å². The minimum absolute atomic E-state index is 0.0346. The van der Waals surface area contributed by atoms with E-state index in [-0.39, 0.29) is 16.6 Å². The van der Waals surface area contributed by atoms with Crippen LogP contribution in [0.3, 0.4) is 0 Å². The number of thiocarbonyl (C=S) groups is 1. The van der Waals surface area contributed by atoms with Gasteiger partial charge in [0.05, 0.1) is 6.61 Å². The van der Waals surface area contributed by atoms with Crippen LogP contribution in [-0.2, 0) is 9.53 Å². The number of para-hydroxylation sites is 1.